The molecule has 0 bridgehead atoms. The van der Waals surface area contributed by atoms with E-state index in [1.165, 1.54) is 0 Å². The smallest absolute Gasteiger partial charge is 0.129 e. The van der Waals surface area contributed by atoms with Crippen LogP contribution < -0.4 is 5.32 Å². The van der Waals surface area contributed by atoms with Crippen molar-refractivity contribution in [2.45, 2.75) is 0 Å². The summed E-state index contributed by atoms with van der Waals surface area (Å²) in [5, 5.41) is 10.9. The average molecular weight is 285 g/mol. The van der Waals surface area contributed by atoms with Crippen LogP contribution >= 0.6 is 11.6 Å². The minimum Gasteiger partial charge on any atom is -0.388 e. The Bertz CT molecular complexity index is 719. The van der Waals surface area contributed by atoms with Crippen LogP contribution in [0, 0.1) is 0 Å². The molecule has 0 aliphatic rings. The number of H-pyrrole nitrogens is 1. The van der Waals surface area contributed by atoms with Gasteiger partial charge in [0.1, 0.15) is 5.15 Å². The van der Waals surface area contributed by atoms with E-state index in [9.17, 15) is 0 Å². The summed E-state index contributed by atoms with van der Waals surface area (Å²) in [4.78, 5) is 3.97. The first-order valence-electron chi connectivity index (χ1n) is 6.22. The van der Waals surface area contributed by atoms with Crippen molar-refractivity contribution < 1.29 is 0 Å². The third kappa shape index (κ3) is 2.51. The fourth-order valence-electron chi connectivity index (χ4n) is 2.00. The number of aromatic amines is 1. The molecule has 3 aromatic rings. The van der Waals surface area contributed by atoms with Gasteiger partial charge in [0.15, 0.2) is 0 Å². The third-order valence-corrected chi connectivity index (χ3v) is 3.29. The molecule has 4 nitrogen and oxygen atoms in total. The number of nitrogens with one attached hydrogen (secondary N) is 2. The zero-order valence-electron chi connectivity index (χ0n) is 10.9. The molecule has 0 fully saturated rings. The van der Waals surface area contributed by atoms with E-state index in [1.807, 2.05) is 49.5 Å². The number of halogens is 1. The highest BCUT2D eigenvalue weighted by atomic mass is 35.5. The number of anilines is 1. The molecule has 0 atom stereocenters. The molecular formula is C15H13ClN4. The summed E-state index contributed by atoms with van der Waals surface area (Å²) < 4.78 is 0. The van der Waals surface area contributed by atoms with Gasteiger partial charge in [-0.25, -0.2) is 4.98 Å². The zero-order chi connectivity index (χ0) is 13.9. The van der Waals surface area contributed by atoms with Crippen molar-refractivity contribution in [1.82, 2.24) is 15.2 Å². The Hall–Kier alpha value is -2.33. The maximum Gasteiger partial charge on any atom is 0.129 e. The topological polar surface area (TPSA) is 53.6 Å². The van der Waals surface area contributed by atoms with Gasteiger partial charge in [0, 0.05) is 30.1 Å². The van der Waals surface area contributed by atoms with E-state index < -0.39 is 0 Å². The Labute approximate surface area is 121 Å². The summed E-state index contributed by atoms with van der Waals surface area (Å²) in [7, 11) is 1.90. The van der Waals surface area contributed by atoms with Crippen molar-refractivity contribution >= 4 is 17.3 Å². The van der Waals surface area contributed by atoms with Crippen molar-refractivity contribution in [2.24, 2.45) is 0 Å². The molecule has 0 unspecified atom stereocenters. The van der Waals surface area contributed by atoms with Crippen LogP contribution in [0.3, 0.4) is 0 Å². The van der Waals surface area contributed by atoms with Gasteiger partial charge in [-0.05, 0) is 30.3 Å². The summed E-state index contributed by atoms with van der Waals surface area (Å²) in [6, 6.07) is 13.8. The second-order valence-corrected chi connectivity index (χ2v) is 4.75. The van der Waals surface area contributed by atoms with E-state index in [1.54, 1.807) is 6.20 Å². The van der Waals surface area contributed by atoms with Gasteiger partial charge in [0.05, 0.1) is 11.4 Å². The van der Waals surface area contributed by atoms with Crippen molar-refractivity contribution in [3.05, 3.63) is 53.8 Å². The minimum absolute atomic E-state index is 0.469. The molecule has 0 radical (unpaired) electrons. The van der Waals surface area contributed by atoms with Gasteiger partial charge in [-0.1, -0.05) is 23.7 Å². The van der Waals surface area contributed by atoms with Gasteiger partial charge in [0.25, 0.3) is 0 Å². The Morgan fingerprint density at radius 1 is 1.05 bits per heavy atom. The minimum atomic E-state index is 0.469. The van der Waals surface area contributed by atoms with Crippen LogP contribution in [-0.4, -0.2) is 22.2 Å². The molecule has 0 spiro atoms. The van der Waals surface area contributed by atoms with Crippen LogP contribution in [0.25, 0.3) is 22.5 Å². The van der Waals surface area contributed by atoms with Crippen molar-refractivity contribution in [3.63, 3.8) is 0 Å². The Morgan fingerprint density at radius 2 is 1.85 bits per heavy atom. The number of nitrogens with zero attached hydrogens (tertiary/aromatic N) is 2. The number of hydrogen-bond acceptors (Lipinski definition) is 3. The molecule has 2 aromatic heterocycles. The molecule has 0 saturated carbocycles. The van der Waals surface area contributed by atoms with Crippen LogP contribution in [-0.2, 0) is 0 Å². The van der Waals surface area contributed by atoms with Gasteiger partial charge in [-0.3, -0.25) is 5.10 Å². The first-order chi connectivity index (χ1) is 9.76. The molecular weight excluding hydrogens is 272 g/mol. The average Bonchev–Trinajstić information content (AvgIpc) is 2.97. The summed E-state index contributed by atoms with van der Waals surface area (Å²) >= 11 is 5.90. The van der Waals surface area contributed by atoms with Gasteiger partial charge in [0.2, 0.25) is 0 Å². The highest BCUT2D eigenvalue weighted by Gasteiger charge is 2.06. The number of hydrogen-bond donors (Lipinski definition) is 2. The van der Waals surface area contributed by atoms with E-state index >= 15 is 0 Å². The lowest BCUT2D eigenvalue weighted by Crippen LogP contribution is -1.86. The number of rotatable bonds is 3. The maximum absolute atomic E-state index is 5.90. The van der Waals surface area contributed by atoms with Crippen LogP contribution in [0.15, 0.2) is 48.7 Å². The van der Waals surface area contributed by atoms with E-state index in [4.69, 9.17) is 11.6 Å². The molecule has 20 heavy (non-hydrogen) atoms. The molecule has 5 heteroatoms. The Morgan fingerprint density at radius 3 is 2.55 bits per heavy atom. The highest BCUT2D eigenvalue weighted by molar-refractivity contribution is 6.29. The number of aromatic nitrogens is 3. The van der Waals surface area contributed by atoms with E-state index in [0.29, 0.717) is 5.15 Å². The predicted molar refractivity (Wildman–Crippen MR) is 81.8 cm³/mol. The number of pyridine rings is 1. The second-order valence-electron chi connectivity index (χ2n) is 4.36. The molecule has 1 aromatic carbocycles. The lowest BCUT2D eigenvalue weighted by molar-refractivity contribution is 1.10. The Balaban J connectivity index is 1.93. The second kappa shape index (κ2) is 5.35. The highest BCUT2D eigenvalue weighted by Crippen LogP contribution is 2.25. The summed E-state index contributed by atoms with van der Waals surface area (Å²) in [5.41, 5.74) is 4.92. The predicted octanol–water partition coefficient (Wildman–Crippen LogP) is 3.83. The van der Waals surface area contributed by atoms with Gasteiger partial charge in [-0.15, -0.1) is 0 Å². The lowest BCUT2D eigenvalue weighted by Gasteiger charge is -2.00. The summed E-state index contributed by atoms with van der Waals surface area (Å²) in [5.74, 6) is 0. The fourth-order valence-corrected chi connectivity index (χ4v) is 2.17. The van der Waals surface area contributed by atoms with Crippen LogP contribution in [0.1, 0.15) is 0 Å². The van der Waals surface area contributed by atoms with Crippen LogP contribution in [0.4, 0.5) is 5.69 Å². The largest absolute Gasteiger partial charge is 0.388 e. The maximum atomic E-state index is 5.90. The molecule has 0 aliphatic carbocycles. The standard InChI is InChI=1S/C15H13ClN4/c1-17-12-4-2-10(3-5-12)13-9-14(20-19-13)11-6-7-18-15(16)8-11/h2-9,17H,1H3,(H,19,20). The summed E-state index contributed by atoms with van der Waals surface area (Å²) in [6.07, 6.45) is 1.68. The first-order valence-corrected chi connectivity index (χ1v) is 6.59. The van der Waals surface area contributed by atoms with Gasteiger partial charge >= 0.3 is 0 Å². The molecule has 2 N–H and O–H groups in total. The van der Waals surface area contributed by atoms with E-state index in [0.717, 1.165) is 28.2 Å². The zero-order valence-corrected chi connectivity index (χ0v) is 11.6. The Kier molecular flexibility index (Phi) is 3.39. The van der Waals surface area contributed by atoms with Crippen molar-refractivity contribution in [2.75, 3.05) is 12.4 Å². The molecule has 100 valence electrons. The normalized spacial score (nSPS) is 10.5. The number of benzene rings is 1. The van der Waals surface area contributed by atoms with Crippen molar-refractivity contribution in [3.8, 4) is 22.5 Å². The quantitative estimate of drug-likeness (QED) is 0.719. The molecule has 3 rings (SSSR count). The van der Waals surface area contributed by atoms with Gasteiger partial charge in [-0.2, -0.15) is 5.10 Å². The van der Waals surface area contributed by atoms with Crippen LogP contribution in [0.5, 0.6) is 0 Å². The van der Waals surface area contributed by atoms with Gasteiger partial charge < -0.3 is 5.32 Å². The fraction of sp³-hybridized carbons (Fsp3) is 0.0667. The SMILES string of the molecule is CNc1ccc(-c2cc(-c3ccnc(Cl)c3)[nH]n2)cc1. The molecule has 2 heterocycles. The third-order valence-electron chi connectivity index (χ3n) is 3.08. The molecule has 0 saturated heterocycles. The van der Waals surface area contributed by atoms with E-state index in [-0.39, 0.29) is 0 Å². The molecule has 0 aliphatic heterocycles. The monoisotopic (exact) mass is 284 g/mol. The summed E-state index contributed by atoms with van der Waals surface area (Å²) in [6.45, 7) is 0. The van der Waals surface area contributed by atoms with E-state index in [2.05, 4.69) is 20.5 Å². The lowest BCUT2D eigenvalue weighted by atomic mass is 10.1. The van der Waals surface area contributed by atoms with Crippen LogP contribution in [0.2, 0.25) is 5.15 Å². The molecule has 0 amide bonds. The first kappa shape index (κ1) is 12.7. The van der Waals surface area contributed by atoms with Crippen molar-refractivity contribution in [1.29, 1.82) is 0 Å².